The monoisotopic (exact) mass is 662 g/mol. The molecule has 1 aliphatic rings. The predicted molar refractivity (Wildman–Crippen MR) is 160 cm³/mol. The maximum atomic E-state index is 13.7. The second-order valence-electron chi connectivity index (χ2n) is 10.5. The number of aromatic amines is 1. The van der Waals surface area contributed by atoms with Crippen LogP contribution in [0.5, 0.6) is 0 Å². The van der Waals surface area contributed by atoms with E-state index in [1.165, 1.54) is 20.2 Å². The fourth-order valence-corrected chi connectivity index (χ4v) is 6.52. The molecular weight excluding hydrogens is 627 g/mol. The summed E-state index contributed by atoms with van der Waals surface area (Å²) in [6, 6.07) is 10.2. The van der Waals surface area contributed by atoms with Gasteiger partial charge in [0, 0.05) is 31.1 Å². The normalized spacial score (nSPS) is 23.4. The van der Waals surface area contributed by atoms with E-state index in [0.29, 0.717) is 0 Å². The van der Waals surface area contributed by atoms with Crippen molar-refractivity contribution < 1.29 is 37.8 Å². The van der Waals surface area contributed by atoms with E-state index in [2.05, 4.69) is 20.1 Å². The molecule has 0 unspecified atom stereocenters. The molecule has 3 rings (SSSR count). The van der Waals surface area contributed by atoms with Gasteiger partial charge in [-0.05, 0) is 12.5 Å². The number of aliphatic hydroxyl groups is 1. The number of rotatable bonds is 14. The third kappa shape index (κ3) is 9.50. The van der Waals surface area contributed by atoms with Gasteiger partial charge in [-0.3, -0.25) is 28.2 Å². The Labute approximate surface area is 257 Å². The van der Waals surface area contributed by atoms with E-state index in [1.807, 2.05) is 30.3 Å². The van der Waals surface area contributed by atoms with E-state index in [-0.39, 0.29) is 30.6 Å². The summed E-state index contributed by atoms with van der Waals surface area (Å²) < 4.78 is 36.4. The molecule has 43 heavy (non-hydrogen) atoms. The molecule has 2 aromatic rings. The van der Waals surface area contributed by atoms with Crippen molar-refractivity contribution in [1.29, 1.82) is 0 Å². The first kappa shape index (κ1) is 35.0. The highest BCUT2D eigenvalue weighted by molar-refractivity contribution is 8.13. The fraction of sp³-hybridized carbons (Fsp3) is 0.538. The first-order valence-electron chi connectivity index (χ1n) is 13.2. The Morgan fingerprint density at radius 3 is 2.58 bits per heavy atom. The molecule has 0 bridgehead atoms. The van der Waals surface area contributed by atoms with Crippen molar-refractivity contribution in [3.05, 3.63) is 69.0 Å². The van der Waals surface area contributed by atoms with Gasteiger partial charge in [0.05, 0.1) is 25.7 Å². The fourth-order valence-electron chi connectivity index (χ4n) is 3.97. The van der Waals surface area contributed by atoms with Crippen molar-refractivity contribution >= 4 is 42.3 Å². The van der Waals surface area contributed by atoms with Crippen molar-refractivity contribution in [1.82, 2.24) is 20.0 Å². The molecule has 2 heterocycles. The molecule has 238 valence electrons. The number of nitrogens with zero attached hydrogens (tertiary/aromatic N) is 1. The molecule has 1 aliphatic heterocycles. The molecule has 1 amide bonds. The average molecular weight is 663 g/mol. The molecule has 17 heteroatoms. The van der Waals surface area contributed by atoms with Gasteiger partial charge in [-0.1, -0.05) is 55.9 Å². The number of thioether (sulfide) groups is 1. The lowest BCUT2D eigenvalue weighted by atomic mass is 9.96. The maximum absolute atomic E-state index is 13.7. The van der Waals surface area contributed by atoms with E-state index < -0.39 is 60.4 Å². The van der Waals surface area contributed by atoms with E-state index >= 15 is 0 Å². The first-order valence-corrected chi connectivity index (χ1v) is 16.1. The van der Waals surface area contributed by atoms with Crippen LogP contribution in [0.15, 0.2) is 52.2 Å². The predicted octanol–water partition coefficient (Wildman–Crippen LogP) is 2.37. The van der Waals surface area contributed by atoms with Crippen molar-refractivity contribution in [2.45, 2.75) is 50.6 Å². The van der Waals surface area contributed by atoms with Crippen molar-refractivity contribution in [2.75, 3.05) is 32.6 Å². The Morgan fingerprint density at radius 2 is 1.93 bits per heavy atom. The van der Waals surface area contributed by atoms with Gasteiger partial charge in [0.25, 0.3) is 5.56 Å². The number of ether oxygens (including phenoxy) is 2. The third-order valence-electron chi connectivity index (χ3n) is 6.54. The van der Waals surface area contributed by atoms with Crippen LogP contribution in [0, 0.1) is 5.41 Å². The summed E-state index contributed by atoms with van der Waals surface area (Å²) in [4.78, 5) is 48.5. The smallest absolute Gasteiger partial charge is 0.406 e. The Bertz CT molecular complexity index is 1420. The van der Waals surface area contributed by atoms with Crippen molar-refractivity contribution in [3.63, 3.8) is 0 Å². The van der Waals surface area contributed by atoms with Crippen LogP contribution in [-0.4, -0.2) is 75.6 Å². The van der Waals surface area contributed by atoms with Gasteiger partial charge in [0.1, 0.15) is 17.1 Å². The molecule has 0 saturated carbocycles. The molecule has 0 spiro atoms. The highest BCUT2D eigenvalue weighted by Crippen LogP contribution is 2.47. The summed E-state index contributed by atoms with van der Waals surface area (Å²) >= 11 is 7.51. The van der Waals surface area contributed by atoms with E-state index in [1.54, 1.807) is 13.8 Å². The number of methoxy groups -OCH3 is 1. The highest BCUT2D eigenvalue weighted by atomic mass is 35.5. The minimum atomic E-state index is -4.04. The number of benzene rings is 1. The zero-order valence-electron chi connectivity index (χ0n) is 24.1. The number of alkyl carbamates (subject to hydrolysis) is 1. The number of alkyl halides is 1. The highest BCUT2D eigenvalue weighted by Gasteiger charge is 2.54. The number of amides is 1. The number of aromatic nitrogens is 2. The number of hydrogen-bond donors (Lipinski definition) is 4. The number of H-pyrrole nitrogens is 1. The second kappa shape index (κ2) is 15.0. The largest absolute Gasteiger partial charge is 0.453 e. The number of nitrogens with one attached hydrogen (secondary N) is 3. The lowest BCUT2D eigenvalue weighted by Gasteiger charge is -2.26. The third-order valence-corrected chi connectivity index (χ3v) is 9.69. The van der Waals surface area contributed by atoms with Crippen LogP contribution >= 0.6 is 31.1 Å². The van der Waals surface area contributed by atoms with Crippen LogP contribution in [0.1, 0.15) is 32.6 Å². The van der Waals surface area contributed by atoms with Crippen molar-refractivity contribution in [2.24, 2.45) is 5.41 Å². The minimum Gasteiger partial charge on any atom is -0.453 e. The standard InChI is InChI=1S/C26H36ClN4O10PS/c1-25(2,16-28-24(36)38-4)22(34)43-13-12-39-42(37,29-14-17-8-6-5-7-9-17)40-15-18-20(33)26(3,27)21(41-18)31-11-10-19(32)30-23(31)35/h5-11,18,20-21,33H,12-16H2,1-4H3,(H,28,36)(H,29,37)(H,30,32,35)/t18-,20-,21-,26-,42+/m1/s1. The Balaban J connectivity index is 1.65. The van der Waals surface area contributed by atoms with Crippen LogP contribution in [0.2, 0.25) is 0 Å². The lowest BCUT2D eigenvalue weighted by molar-refractivity contribution is -0.117. The summed E-state index contributed by atoms with van der Waals surface area (Å²) in [7, 11) is -2.82. The van der Waals surface area contributed by atoms with E-state index in [4.69, 9.17) is 25.4 Å². The summed E-state index contributed by atoms with van der Waals surface area (Å²) in [6.07, 6.45) is -3.13. The molecule has 5 atom stereocenters. The molecular formula is C26H36ClN4O10PS. The van der Waals surface area contributed by atoms with Gasteiger partial charge in [0.15, 0.2) is 11.3 Å². The molecule has 1 saturated heterocycles. The van der Waals surface area contributed by atoms with Crippen LogP contribution in [0.25, 0.3) is 0 Å². The van der Waals surface area contributed by atoms with Crippen LogP contribution in [0.4, 0.5) is 4.79 Å². The summed E-state index contributed by atoms with van der Waals surface area (Å²) in [5.74, 6) is 0.125. The molecule has 4 N–H and O–H groups in total. The first-order chi connectivity index (χ1) is 20.2. The zero-order chi connectivity index (χ0) is 31.8. The topological polar surface area (TPSA) is 187 Å². The number of carbonyl (C=O) groups excluding carboxylic acids is 2. The lowest BCUT2D eigenvalue weighted by Crippen LogP contribution is -2.43. The second-order valence-corrected chi connectivity index (χ2v) is 14.2. The van der Waals surface area contributed by atoms with Gasteiger partial charge in [-0.2, -0.15) is 0 Å². The Hall–Kier alpha value is -2.49. The van der Waals surface area contributed by atoms with Gasteiger partial charge in [-0.15, -0.1) is 11.6 Å². The Morgan fingerprint density at radius 1 is 1.23 bits per heavy atom. The van der Waals surface area contributed by atoms with Crippen LogP contribution in [0.3, 0.4) is 0 Å². The Kier molecular flexibility index (Phi) is 12.2. The SMILES string of the molecule is COC(=O)NCC(C)(C)C(=O)SCCO[P@@](=O)(NCc1ccccc1)OC[C@H]1O[C@@H](n2ccc(=O)[nH]c2=O)[C@](C)(Cl)[C@@H]1O. The number of carbonyl (C=O) groups is 2. The summed E-state index contributed by atoms with van der Waals surface area (Å²) in [5, 5.41) is 15.9. The number of aliphatic hydroxyl groups excluding tert-OH is 1. The van der Waals surface area contributed by atoms with Gasteiger partial charge in [-0.25, -0.2) is 19.2 Å². The van der Waals surface area contributed by atoms with Gasteiger partial charge < -0.3 is 19.9 Å². The average Bonchev–Trinajstić information content (AvgIpc) is 3.20. The van der Waals surface area contributed by atoms with Crippen LogP contribution < -0.4 is 21.7 Å². The minimum absolute atomic E-state index is 0.0575. The summed E-state index contributed by atoms with van der Waals surface area (Å²) in [5.41, 5.74) is -1.51. The quantitative estimate of drug-likeness (QED) is 0.132. The zero-order valence-corrected chi connectivity index (χ0v) is 26.6. The van der Waals surface area contributed by atoms with Gasteiger partial charge >= 0.3 is 19.5 Å². The molecule has 1 fully saturated rings. The number of halogens is 1. The molecule has 14 nitrogen and oxygen atoms in total. The molecule has 0 aliphatic carbocycles. The van der Waals surface area contributed by atoms with Crippen molar-refractivity contribution in [3.8, 4) is 0 Å². The van der Waals surface area contributed by atoms with E-state index in [0.717, 1.165) is 28.0 Å². The number of hydrogen-bond acceptors (Lipinski definition) is 11. The van der Waals surface area contributed by atoms with Gasteiger partial charge in [0.2, 0.25) is 0 Å². The maximum Gasteiger partial charge on any atom is 0.406 e. The summed E-state index contributed by atoms with van der Waals surface area (Å²) in [6.45, 7) is 4.39. The van der Waals surface area contributed by atoms with E-state index in [9.17, 15) is 28.8 Å². The molecule has 0 radical (unpaired) electrons. The molecule has 1 aromatic heterocycles. The van der Waals surface area contributed by atoms with Crippen LogP contribution in [-0.2, 0) is 34.4 Å². The molecule has 1 aromatic carbocycles.